The van der Waals surface area contributed by atoms with E-state index in [-0.39, 0.29) is 22.1 Å². The van der Waals surface area contributed by atoms with Crippen molar-refractivity contribution in [2.75, 3.05) is 25.2 Å². The van der Waals surface area contributed by atoms with Crippen LogP contribution in [0.4, 0.5) is 5.69 Å². The predicted molar refractivity (Wildman–Crippen MR) is 139 cm³/mol. The molecule has 0 saturated carbocycles. The molecular formula is C24H21ClN4O4S2. The fourth-order valence-corrected chi connectivity index (χ4v) is 5.23. The lowest BCUT2D eigenvalue weighted by molar-refractivity contribution is -0.113. The number of carbonyl (C=O) groups is 1. The topological polar surface area (TPSA) is 101 Å². The van der Waals surface area contributed by atoms with E-state index in [1.165, 1.54) is 42.9 Å². The van der Waals surface area contributed by atoms with E-state index in [0.717, 1.165) is 16.1 Å². The Hall–Kier alpha value is -3.18. The van der Waals surface area contributed by atoms with Crippen LogP contribution in [0, 0.1) is 0 Å². The molecule has 0 spiro atoms. The van der Waals surface area contributed by atoms with Crippen LogP contribution in [-0.2, 0) is 14.8 Å². The van der Waals surface area contributed by atoms with E-state index in [0.29, 0.717) is 32.5 Å². The molecule has 1 aromatic heterocycles. The van der Waals surface area contributed by atoms with Crippen molar-refractivity contribution in [3.63, 3.8) is 0 Å². The first-order valence-corrected chi connectivity index (χ1v) is 13.2. The van der Waals surface area contributed by atoms with Crippen LogP contribution in [0.1, 0.15) is 0 Å². The molecule has 1 heterocycles. The van der Waals surface area contributed by atoms with Gasteiger partial charge in [0.1, 0.15) is 0 Å². The molecular weight excluding hydrogens is 508 g/mol. The highest BCUT2D eigenvalue weighted by Crippen LogP contribution is 2.26. The number of rotatable bonds is 7. The van der Waals surface area contributed by atoms with E-state index >= 15 is 0 Å². The van der Waals surface area contributed by atoms with E-state index in [1.807, 2.05) is 0 Å². The number of carbonyl (C=O) groups excluding carboxylic acids is 1. The van der Waals surface area contributed by atoms with E-state index in [9.17, 15) is 18.0 Å². The Morgan fingerprint density at radius 1 is 1.03 bits per heavy atom. The number of fused-ring (bicyclic) bond motifs is 1. The number of halogens is 1. The van der Waals surface area contributed by atoms with Gasteiger partial charge in [-0.3, -0.25) is 14.2 Å². The first-order chi connectivity index (χ1) is 16.7. The summed E-state index contributed by atoms with van der Waals surface area (Å²) in [5, 5.41) is 3.88. The summed E-state index contributed by atoms with van der Waals surface area (Å²) in [7, 11) is -0.661. The molecule has 0 atom stereocenters. The zero-order valence-electron chi connectivity index (χ0n) is 18.8. The van der Waals surface area contributed by atoms with E-state index in [1.54, 1.807) is 48.5 Å². The van der Waals surface area contributed by atoms with Gasteiger partial charge >= 0.3 is 0 Å². The van der Waals surface area contributed by atoms with Gasteiger partial charge in [-0.25, -0.2) is 17.7 Å². The molecule has 8 nitrogen and oxygen atoms in total. The minimum absolute atomic E-state index is 0.0347. The Balaban J connectivity index is 1.58. The molecule has 4 aromatic rings. The van der Waals surface area contributed by atoms with Gasteiger partial charge in [-0.15, -0.1) is 0 Å². The fourth-order valence-electron chi connectivity index (χ4n) is 3.30. The number of benzene rings is 3. The van der Waals surface area contributed by atoms with Gasteiger partial charge in [0.05, 0.1) is 32.3 Å². The van der Waals surface area contributed by atoms with Crippen LogP contribution in [0.25, 0.3) is 16.6 Å². The largest absolute Gasteiger partial charge is 0.325 e. The second-order valence-corrected chi connectivity index (χ2v) is 11.2. The zero-order valence-corrected chi connectivity index (χ0v) is 21.2. The predicted octanol–water partition coefficient (Wildman–Crippen LogP) is 4.02. The lowest BCUT2D eigenvalue weighted by atomic mass is 10.2. The molecule has 0 unspecified atom stereocenters. The Morgan fingerprint density at radius 2 is 1.69 bits per heavy atom. The molecule has 0 aliphatic heterocycles. The molecule has 0 radical (unpaired) electrons. The minimum Gasteiger partial charge on any atom is -0.325 e. The number of hydrogen-bond acceptors (Lipinski definition) is 6. The number of para-hydroxylation sites is 2. The fraction of sp³-hybridized carbons (Fsp3) is 0.125. The van der Waals surface area contributed by atoms with Crippen LogP contribution in [0.15, 0.2) is 87.6 Å². The second kappa shape index (κ2) is 10.2. The normalized spacial score (nSPS) is 11.7. The van der Waals surface area contributed by atoms with E-state index in [4.69, 9.17) is 11.6 Å². The van der Waals surface area contributed by atoms with Crippen molar-refractivity contribution in [2.24, 2.45) is 0 Å². The standard InChI is InChI=1S/C24H21ClN4O4S2/c1-28(2)35(32,33)17-13-11-16(12-14-17)26-22(30)15-34-24-27-20-9-5-3-7-18(20)23(31)29(24)21-10-6-4-8-19(21)25/h3-14H,15H2,1-2H3,(H,26,30). The van der Waals surface area contributed by atoms with Crippen LogP contribution in [-0.4, -0.2) is 48.0 Å². The molecule has 0 aliphatic rings. The highest BCUT2D eigenvalue weighted by Gasteiger charge is 2.18. The molecule has 35 heavy (non-hydrogen) atoms. The third-order valence-electron chi connectivity index (χ3n) is 5.09. The smallest absolute Gasteiger partial charge is 0.266 e. The summed E-state index contributed by atoms with van der Waals surface area (Å²) in [6, 6.07) is 19.8. The number of sulfonamides is 1. The van der Waals surface area contributed by atoms with Crippen molar-refractivity contribution in [1.29, 1.82) is 0 Å². The number of nitrogens with one attached hydrogen (secondary N) is 1. The molecule has 11 heteroatoms. The van der Waals surface area contributed by atoms with Gasteiger partial charge in [-0.2, -0.15) is 0 Å². The van der Waals surface area contributed by atoms with Crippen LogP contribution in [0.2, 0.25) is 5.02 Å². The third-order valence-corrected chi connectivity index (χ3v) is 8.17. The Morgan fingerprint density at radius 3 is 2.37 bits per heavy atom. The lowest BCUT2D eigenvalue weighted by Crippen LogP contribution is -2.23. The number of nitrogens with zero attached hydrogens (tertiary/aromatic N) is 3. The van der Waals surface area contributed by atoms with Crippen LogP contribution in [0.5, 0.6) is 0 Å². The number of aromatic nitrogens is 2. The molecule has 0 fully saturated rings. The monoisotopic (exact) mass is 528 g/mol. The maximum Gasteiger partial charge on any atom is 0.266 e. The second-order valence-electron chi connectivity index (χ2n) is 7.65. The summed E-state index contributed by atoms with van der Waals surface area (Å²) in [6.07, 6.45) is 0. The van der Waals surface area contributed by atoms with Gasteiger partial charge in [-0.05, 0) is 48.5 Å². The number of anilines is 1. The molecule has 1 amide bonds. The Kier molecular flexibility index (Phi) is 7.27. The van der Waals surface area contributed by atoms with Gasteiger partial charge in [0, 0.05) is 19.8 Å². The summed E-state index contributed by atoms with van der Waals surface area (Å²) in [5.41, 5.74) is 1.15. The molecule has 3 aromatic carbocycles. The van der Waals surface area contributed by atoms with Gasteiger partial charge < -0.3 is 5.32 Å². The van der Waals surface area contributed by atoms with Crippen molar-refractivity contribution in [1.82, 2.24) is 13.9 Å². The van der Waals surface area contributed by atoms with Crippen LogP contribution in [0.3, 0.4) is 0 Å². The first kappa shape index (κ1) is 24.9. The molecule has 1 N–H and O–H groups in total. The maximum atomic E-state index is 13.3. The maximum absolute atomic E-state index is 13.3. The molecule has 0 aliphatic carbocycles. The van der Waals surface area contributed by atoms with Gasteiger partial charge in [0.25, 0.3) is 5.56 Å². The first-order valence-electron chi connectivity index (χ1n) is 10.4. The Labute approximate surface area is 211 Å². The van der Waals surface area contributed by atoms with Crippen molar-refractivity contribution >= 4 is 55.9 Å². The SMILES string of the molecule is CN(C)S(=O)(=O)c1ccc(NC(=O)CSc2nc3ccccc3c(=O)n2-c2ccccc2Cl)cc1. The van der Waals surface area contributed by atoms with Crippen molar-refractivity contribution in [2.45, 2.75) is 10.1 Å². The van der Waals surface area contributed by atoms with Gasteiger partial charge in [-0.1, -0.05) is 47.6 Å². The molecule has 4 rings (SSSR count). The average molecular weight is 529 g/mol. The molecule has 180 valence electrons. The average Bonchev–Trinajstić information content (AvgIpc) is 2.84. The van der Waals surface area contributed by atoms with Gasteiger partial charge in [0.15, 0.2) is 5.16 Å². The van der Waals surface area contributed by atoms with E-state index < -0.39 is 10.0 Å². The summed E-state index contributed by atoms with van der Waals surface area (Å²) in [6.45, 7) is 0. The molecule has 0 saturated heterocycles. The van der Waals surface area contributed by atoms with Crippen molar-refractivity contribution in [3.05, 3.63) is 88.2 Å². The lowest BCUT2D eigenvalue weighted by Gasteiger charge is -2.14. The quantitative estimate of drug-likeness (QED) is 0.287. The highest BCUT2D eigenvalue weighted by molar-refractivity contribution is 7.99. The van der Waals surface area contributed by atoms with Crippen LogP contribution >= 0.6 is 23.4 Å². The van der Waals surface area contributed by atoms with Crippen molar-refractivity contribution in [3.8, 4) is 5.69 Å². The number of hydrogen-bond donors (Lipinski definition) is 1. The van der Waals surface area contributed by atoms with E-state index in [2.05, 4.69) is 10.3 Å². The minimum atomic E-state index is -3.56. The summed E-state index contributed by atoms with van der Waals surface area (Å²) >= 11 is 7.46. The molecule has 0 bridgehead atoms. The zero-order chi connectivity index (χ0) is 25.2. The summed E-state index contributed by atoms with van der Waals surface area (Å²) < 4.78 is 26.9. The number of amides is 1. The number of thioether (sulfide) groups is 1. The summed E-state index contributed by atoms with van der Waals surface area (Å²) in [5.74, 6) is -0.376. The van der Waals surface area contributed by atoms with Crippen LogP contribution < -0.4 is 10.9 Å². The highest BCUT2D eigenvalue weighted by atomic mass is 35.5. The Bertz CT molecular complexity index is 1570. The summed E-state index contributed by atoms with van der Waals surface area (Å²) in [4.78, 5) is 30.7. The van der Waals surface area contributed by atoms with Gasteiger partial charge in [0.2, 0.25) is 15.9 Å². The van der Waals surface area contributed by atoms with Crippen molar-refractivity contribution < 1.29 is 13.2 Å². The third kappa shape index (κ3) is 5.25.